The largest absolute Gasteiger partial charge is 0.428 e. The molecule has 3 N–H and O–H groups in total. The highest BCUT2D eigenvalue weighted by Crippen LogP contribution is 2.40. The third-order valence-corrected chi connectivity index (χ3v) is 7.11. The number of methoxy groups -OCH3 is 1. The average Bonchev–Trinajstić information content (AvgIpc) is 3.25. The Balaban J connectivity index is 1.70. The number of hydrogen-bond donors (Lipinski definition) is 2. The molecule has 1 aromatic rings. The number of anilines is 1. The summed E-state index contributed by atoms with van der Waals surface area (Å²) in [6.07, 6.45) is 0.148. The smallest absolute Gasteiger partial charge is 0.358 e. The second-order valence-electron chi connectivity index (χ2n) is 9.24. The molecule has 2 aliphatic rings. The highest BCUT2D eigenvalue weighted by molar-refractivity contribution is 8.00. The normalized spacial score (nSPS) is 19.6. The SMILES string of the molecule is COCC1=C(C(=O)OCOC(=O)CC(C)(C)C)N2C(=O)C(NC(=O)C(=NOC)c3csc(N)n3)[C@@H]2SC1. The molecule has 1 fully saturated rings. The van der Waals surface area contributed by atoms with Crippen molar-refractivity contribution in [3.8, 4) is 0 Å². The molecule has 3 rings (SSSR count). The van der Waals surface area contributed by atoms with E-state index in [0.717, 1.165) is 11.3 Å². The molecule has 1 unspecified atom stereocenters. The minimum atomic E-state index is -0.938. The maximum absolute atomic E-state index is 13.1. The van der Waals surface area contributed by atoms with E-state index in [1.165, 1.54) is 30.9 Å². The van der Waals surface area contributed by atoms with Crippen LogP contribution in [0.25, 0.3) is 0 Å². The number of β-lactam (4-membered cyclic amide) rings is 1. The number of aromatic nitrogens is 1. The molecule has 37 heavy (non-hydrogen) atoms. The summed E-state index contributed by atoms with van der Waals surface area (Å²) in [5.41, 5.74) is 5.96. The van der Waals surface area contributed by atoms with Crippen LogP contribution >= 0.6 is 23.1 Å². The summed E-state index contributed by atoms with van der Waals surface area (Å²) in [6, 6.07) is -0.938. The summed E-state index contributed by atoms with van der Waals surface area (Å²) in [4.78, 5) is 60.9. The molecule has 1 aromatic heterocycles. The fourth-order valence-corrected chi connectivity index (χ4v) is 5.43. The Labute approximate surface area is 221 Å². The number of oxime groups is 1. The number of nitrogens with two attached hydrogens (primary N) is 1. The Bertz CT molecular complexity index is 1130. The number of amides is 2. The van der Waals surface area contributed by atoms with Crippen LogP contribution in [-0.2, 0) is 38.2 Å². The molecule has 3 heterocycles. The molecule has 0 radical (unpaired) electrons. The quantitative estimate of drug-likeness (QED) is 0.138. The van der Waals surface area contributed by atoms with E-state index in [9.17, 15) is 19.2 Å². The van der Waals surface area contributed by atoms with Gasteiger partial charge < -0.3 is 30.1 Å². The zero-order valence-corrected chi connectivity index (χ0v) is 22.7. The first-order chi connectivity index (χ1) is 17.5. The molecule has 0 aromatic carbocycles. The first-order valence-electron chi connectivity index (χ1n) is 11.1. The summed E-state index contributed by atoms with van der Waals surface area (Å²) in [5, 5.41) is 7.55. The summed E-state index contributed by atoms with van der Waals surface area (Å²) < 4.78 is 15.3. The predicted octanol–water partition coefficient (Wildman–Crippen LogP) is 0.856. The van der Waals surface area contributed by atoms with Crippen molar-refractivity contribution >= 4 is 57.7 Å². The zero-order valence-electron chi connectivity index (χ0n) is 21.1. The molecule has 0 bridgehead atoms. The number of rotatable bonds is 10. The number of fused-ring (bicyclic) bond motifs is 1. The van der Waals surface area contributed by atoms with Gasteiger partial charge in [0.05, 0.1) is 13.0 Å². The van der Waals surface area contributed by atoms with Gasteiger partial charge in [0.15, 0.2) is 10.8 Å². The van der Waals surface area contributed by atoms with Crippen molar-refractivity contribution in [3.63, 3.8) is 0 Å². The van der Waals surface area contributed by atoms with E-state index >= 15 is 0 Å². The van der Waals surface area contributed by atoms with Crippen LogP contribution in [0.5, 0.6) is 0 Å². The van der Waals surface area contributed by atoms with Gasteiger partial charge in [0.1, 0.15) is 29.9 Å². The maximum Gasteiger partial charge on any atom is 0.358 e. The molecular weight excluding hydrogens is 526 g/mol. The number of thioether (sulfide) groups is 1. The molecule has 0 aliphatic carbocycles. The lowest BCUT2D eigenvalue weighted by Gasteiger charge is -2.49. The molecule has 1 saturated heterocycles. The highest BCUT2D eigenvalue weighted by Gasteiger charge is 2.54. The third-order valence-electron chi connectivity index (χ3n) is 5.09. The Kier molecular flexibility index (Phi) is 9.15. The number of ether oxygens (including phenoxy) is 3. The van der Waals surface area contributed by atoms with Gasteiger partial charge in [-0.2, -0.15) is 0 Å². The van der Waals surface area contributed by atoms with Crippen LogP contribution in [-0.4, -0.2) is 84.1 Å². The molecule has 2 amide bonds. The molecule has 0 saturated carbocycles. The van der Waals surface area contributed by atoms with Crippen molar-refractivity contribution < 1.29 is 38.2 Å². The monoisotopic (exact) mass is 555 g/mol. The van der Waals surface area contributed by atoms with Crippen LogP contribution < -0.4 is 11.1 Å². The van der Waals surface area contributed by atoms with Crippen LogP contribution in [0.4, 0.5) is 5.13 Å². The van der Waals surface area contributed by atoms with Crippen molar-refractivity contribution in [2.75, 3.05) is 39.1 Å². The van der Waals surface area contributed by atoms with E-state index in [-0.39, 0.29) is 40.7 Å². The standard InChI is InChI=1S/C22H29N5O8S2/c1-22(2,3)6-13(28)34-10-35-20(31)16-11(7-32-4)8-36-19-15(18(30)27(16)19)25-17(29)14(26-33-5)12-9-37-21(23)24-12/h9,15,19H,6-8,10H2,1-5H3,(H2,23,24)(H,25,29)/t15?,19-/m0/s1. The van der Waals surface area contributed by atoms with Crippen molar-refractivity contribution in [2.45, 2.75) is 38.6 Å². The summed E-state index contributed by atoms with van der Waals surface area (Å²) in [7, 11) is 2.74. The van der Waals surface area contributed by atoms with E-state index in [1.54, 1.807) is 5.38 Å². The number of esters is 2. The first-order valence-corrected chi connectivity index (χ1v) is 13.0. The minimum absolute atomic E-state index is 0.00558. The van der Waals surface area contributed by atoms with Crippen molar-refractivity contribution in [2.24, 2.45) is 10.6 Å². The van der Waals surface area contributed by atoms with Crippen LogP contribution in [0, 0.1) is 5.41 Å². The van der Waals surface area contributed by atoms with Crippen LogP contribution in [0.15, 0.2) is 21.8 Å². The number of nitrogens with zero attached hydrogens (tertiary/aromatic N) is 3. The fourth-order valence-electron chi connectivity index (χ4n) is 3.56. The van der Waals surface area contributed by atoms with Gasteiger partial charge >= 0.3 is 11.9 Å². The molecule has 13 nitrogen and oxygen atoms in total. The second kappa shape index (κ2) is 11.9. The summed E-state index contributed by atoms with van der Waals surface area (Å²) in [6.45, 7) is 5.13. The lowest BCUT2D eigenvalue weighted by Crippen LogP contribution is -2.71. The topological polar surface area (TPSA) is 172 Å². The van der Waals surface area contributed by atoms with Gasteiger partial charge in [-0.25, -0.2) is 9.78 Å². The number of carbonyl (C=O) groups excluding carboxylic acids is 4. The van der Waals surface area contributed by atoms with E-state index < -0.39 is 42.0 Å². The first kappa shape index (κ1) is 28.4. The Morgan fingerprint density at radius 1 is 1.27 bits per heavy atom. The fraction of sp³-hybridized carbons (Fsp3) is 0.545. The van der Waals surface area contributed by atoms with Gasteiger partial charge in [-0.15, -0.1) is 23.1 Å². The van der Waals surface area contributed by atoms with Gasteiger partial charge in [-0.1, -0.05) is 25.9 Å². The van der Waals surface area contributed by atoms with Crippen LogP contribution in [0.1, 0.15) is 32.9 Å². The van der Waals surface area contributed by atoms with Gasteiger partial charge in [-0.05, 0) is 11.0 Å². The second-order valence-corrected chi connectivity index (χ2v) is 11.2. The summed E-state index contributed by atoms with van der Waals surface area (Å²) >= 11 is 2.47. The zero-order chi connectivity index (χ0) is 27.3. The van der Waals surface area contributed by atoms with Gasteiger partial charge in [0.25, 0.3) is 11.8 Å². The molecule has 2 atom stereocenters. The van der Waals surface area contributed by atoms with E-state index in [0.29, 0.717) is 11.3 Å². The Morgan fingerprint density at radius 2 is 2.00 bits per heavy atom. The van der Waals surface area contributed by atoms with E-state index in [4.69, 9.17) is 24.8 Å². The Hall–Kier alpha value is -3.17. The highest BCUT2D eigenvalue weighted by atomic mass is 32.2. The van der Waals surface area contributed by atoms with Gasteiger partial charge in [-0.3, -0.25) is 19.3 Å². The number of hydrogen-bond acceptors (Lipinski definition) is 13. The lowest BCUT2D eigenvalue weighted by molar-refractivity contribution is -0.169. The number of nitrogens with one attached hydrogen (secondary N) is 1. The lowest BCUT2D eigenvalue weighted by atomic mass is 9.93. The number of carbonyl (C=O) groups is 4. The third kappa shape index (κ3) is 6.78. The molecule has 0 spiro atoms. The van der Waals surface area contributed by atoms with Crippen LogP contribution in [0.2, 0.25) is 0 Å². The van der Waals surface area contributed by atoms with Crippen molar-refractivity contribution in [3.05, 3.63) is 22.3 Å². The predicted molar refractivity (Wildman–Crippen MR) is 135 cm³/mol. The minimum Gasteiger partial charge on any atom is -0.428 e. The Morgan fingerprint density at radius 3 is 2.59 bits per heavy atom. The summed E-state index contributed by atoms with van der Waals surface area (Å²) in [5.74, 6) is -2.21. The van der Waals surface area contributed by atoms with Crippen molar-refractivity contribution in [1.82, 2.24) is 15.2 Å². The molecule has 2 aliphatic heterocycles. The maximum atomic E-state index is 13.1. The van der Waals surface area contributed by atoms with E-state index in [2.05, 4.69) is 15.5 Å². The number of nitrogen functional groups attached to an aromatic ring is 1. The molecular formula is C22H29N5O8S2. The molecule has 15 heteroatoms. The van der Waals surface area contributed by atoms with Crippen molar-refractivity contribution in [1.29, 1.82) is 0 Å². The van der Waals surface area contributed by atoms with Crippen LogP contribution in [0.3, 0.4) is 0 Å². The van der Waals surface area contributed by atoms with E-state index in [1.807, 2.05) is 20.8 Å². The van der Waals surface area contributed by atoms with Gasteiger partial charge in [0.2, 0.25) is 6.79 Å². The molecule has 202 valence electrons. The average molecular weight is 556 g/mol. The number of thiazole rings is 1. The van der Waals surface area contributed by atoms with Gasteiger partial charge in [0, 0.05) is 18.2 Å².